The molecule has 0 spiro atoms. The van der Waals surface area contributed by atoms with Gasteiger partial charge in [-0.2, -0.15) is 0 Å². The van der Waals surface area contributed by atoms with Crippen LogP contribution < -0.4 is 5.32 Å². The van der Waals surface area contributed by atoms with Gasteiger partial charge in [0.25, 0.3) is 0 Å². The molecule has 3 heterocycles. The fourth-order valence-electron chi connectivity index (χ4n) is 3.64. The second-order valence-corrected chi connectivity index (χ2v) is 7.45. The maximum absolute atomic E-state index is 12.3. The minimum Gasteiger partial charge on any atom is -0.360 e. The Morgan fingerprint density at radius 3 is 2.71 bits per heavy atom. The third kappa shape index (κ3) is 4.53. The van der Waals surface area contributed by atoms with Crippen LogP contribution in [0.25, 0.3) is 11.8 Å². The van der Waals surface area contributed by atoms with Crippen molar-refractivity contribution in [3.8, 4) is 0 Å². The summed E-state index contributed by atoms with van der Waals surface area (Å²) in [5.41, 5.74) is 6.49. The van der Waals surface area contributed by atoms with Gasteiger partial charge in [0, 0.05) is 36.5 Å². The molecule has 1 aliphatic heterocycles. The maximum Gasteiger partial charge on any atom is 0.204 e. The van der Waals surface area contributed by atoms with Crippen LogP contribution >= 0.6 is 0 Å². The Balaban J connectivity index is 1.68. The molecule has 0 saturated carbocycles. The number of carbonyl (C=O) groups excluding carboxylic acids is 2. The van der Waals surface area contributed by atoms with Crippen molar-refractivity contribution in [1.29, 1.82) is 0 Å². The SMILES string of the molecule is CCCCCC(=O)CCc1c(C)[nH]c(C=C2NC(c3ccc[nH]3)=CC2=O)c1C. The number of hydrogen-bond donors (Lipinski definition) is 3. The second-order valence-electron chi connectivity index (χ2n) is 7.45. The number of H-pyrrole nitrogens is 2. The van der Waals surface area contributed by atoms with Crippen LogP contribution in [0.2, 0.25) is 0 Å². The number of unbranched alkanes of at least 4 members (excludes halogenated alkanes) is 2. The van der Waals surface area contributed by atoms with Crippen LogP contribution in [-0.4, -0.2) is 21.5 Å². The first-order valence-corrected chi connectivity index (χ1v) is 10.1. The number of aromatic nitrogens is 2. The highest BCUT2D eigenvalue weighted by atomic mass is 16.1. The highest BCUT2D eigenvalue weighted by Crippen LogP contribution is 2.25. The first-order valence-electron chi connectivity index (χ1n) is 10.1. The molecule has 3 N–H and O–H groups in total. The fourth-order valence-corrected chi connectivity index (χ4v) is 3.64. The molecule has 0 aromatic carbocycles. The third-order valence-corrected chi connectivity index (χ3v) is 5.33. The summed E-state index contributed by atoms with van der Waals surface area (Å²) in [6, 6.07) is 3.83. The molecule has 3 rings (SSSR count). The lowest BCUT2D eigenvalue weighted by Gasteiger charge is -2.04. The number of rotatable bonds is 9. The lowest BCUT2D eigenvalue weighted by atomic mass is 10.0. The van der Waals surface area contributed by atoms with Gasteiger partial charge in [-0.15, -0.1) is 0 Å². The van der Waals surface area contributed by atoms with Crippen molar-refractivity contribution >= 4 is 23.3 Å². The summed E-state index contributed by atoms with van der Waals surface area (Å²) in [6.45, 7) is 6.22. The molecule has 0 aliphatic carbocycles. The summed E-state index contributed by atoms with van der Waals surface area (Å²) in [5, 5.41) is 3.19. The highest BCUT2D eigenvalue weighted by molar-refractivity contribution is 6.14. The monoisotopic (exact) mass is 379 g/mol. The standard InChI is InChI=1S/C23H29N3O2/c1-4-5-6-8-17(27)10-11-18-15(2)20(25-16(18)3)13-22-23(28)14-21(26-22)19-9-7-12-24-19/h7,9,12-14,24-26H,4-6,8,10-11H2,1-3H3. The van der Waals surface area contributed by atoms with E-state index in [2.05, 4.69) is 22.2 Å². The number of aromatic amines is 2. The first-order chi connectivity index (χ1) is 13.5. The van der Waals surface area contributed by atoms with E-state index in [-0.39, 0.29) is 5.78 Å². The van der Waals surface area contributed by atoms with Gasteiger partial charge in [-0.25, -0.2) is 0 Å². The van der Waals surface area contributed by atoms with E-state index < -0.39 is 0 Å². The van der Waals surface area contributed by atoms with E-state index in [1.54, 1.807) is 6.08 Å². The minimum atomic E-state index is -0.0381. The molecular weight excluding hydrogens is 350 g/mol. The van der Waals surface area contributed by atoms with E-state index in [0.29, 0.717) is 24.3 Å². The Bertz CT molecular complexity index is 914. The Hall–Kier alpha value is -2.82. The average Bonchev–Trinajstić information content (AvgIpc) is 3.36. The average molecular weight is 380 g/mol. The number of carbonyl (C=O) groups is 2. The normalized spacial score (nSPS) is 15.2. The molecule has 2 aromatic rings. The van der Waals surface area contributed by atoms with Crippen molar-refractivity contribution in [3.05, 3.63) is 58.3 Å². The number of allylic oxidation sites excluding steroid dienone is 1. The van der Waals surface area contributed by atoms with E-state index in [1.165, 1.54) is 5.56 Å². The molecule has 0 fully saturated rings. The van der Waals surface area contributed by atoms with E-state index >= 15 is 0 Å². The van der Waals surface area contributed by atoms with Crippen LogP contribution in [0.15, 0.2) is 30.1 Å². The minimum absolute atomic E-state index is 0.0381. The lowest BCUT2D eigenvalue weighted by molar-refractivity contribution is -0.119. The van der Waals surface area contributed by atoms with Crippen LogP contribution in [0.4, 0.5) is 0 Å². The van der Waals surface area contributed by atoms with Crippen molar-refractivity contribution in [1.82, 2.24) is 15.3 Å². The topological polar surface area (TPSA) is 77.8 Å². The van der Waals surface area contributed by atoms with Gasteiger partial charge in [-0.3, -0.25) is 9.59 Å². The molecule has 0 unspecified atom stereocenters. The Labute approximate surface area is 166 Å². The first kappa shape index (κ1) is 19.9. The summed E-state index contributed by atoms with van der Waals surface area (Å²) in [5.74, 6) is 0.296. The van der Waals surface area contributed by atoms with Crippen molar-refractivity contribution in [2.24, 2.45) is 0 Å². The van der Waals surface area contributed by atoms with Gasteiger partial charge in [-0.05, 0) is 56.0 Å². The highest BCUT2D eigenvalue weighted by Gasteiger charge is 2.21. The largest absolute Gasteiger partial charge is 0.360 e. The summed E-state index contributed by atoms with van der Waals surface area (Å²) < 4.78 is 0. The molecule has 5 heteroatoms. The van der Waals surface area contributed by atoms with E-state index in [9.17, 15) is 9.59 Å². The van der Waals surface area contributed by atoms with E-state index in [1.807, 2.05) is 38.3 Å². The molecule has 0 saturated heterocycles. The van der Waals surface area contributed by atoms with Crippen LogP contribution in [0.5, 0.6) is 0 Å². The van der Waals surface area contributed by atoms with Gasteiger partial charge in [0.2, 0.25) is 5.78 Å². The molecule has 5 nitrogen and oxygen atoms in total. The molecule has 1 aliphatic rings. The van der Waals surface area contributed by atoms with E-state index in [4.69, 9.17) is 0 Å². The molecule has 28 heavy (non-hydrogen) atoms. The molecule has 0 bridgehead atoms. The van der Waals surface area contributed by atoms with Gasteiger partial charge in [0.1, 0.15) is 5.78 Å². The van der Waals surface area contributed by atoms with Crippen molar-refractivity contribution in [2.75, 3.05) is 0 Å². The van der Waals surface area contributed by atoms with Crippen molar-refractivity contribution in [2.45, 2.75) is 59.3 Å². The summed E-state index contributed by atoms with van der Waals surface area (Å²) in [7, 11) is 0. The zero-order chi connectivity index (χ0) is 20.1. The molecule has 0 radical (unpaired) electrons. The van der Waals surface area contributed by atoms with Crippen LogP contribution in [-0.2, 0) is 16.0 Å². The summed E-state index contributed by atoms with van der Waals surface area (Å²) in [6.07, 6.45) is 10.5. The number of aryl methyl sites for hydroxylation is 1. The number of hydrogen-bond acceptors (Lipinski definition) is 3. The summed E-state index contributed by atoms with van der Waals surface area (Å²) in [4.78, 5) is 30.9. The zero-order valence-electron chi connectivity index (χ0n) is 16.9. The molecule has 0 amide bonds. The predicted molar refractivity (Wildman–Crippen MR) is 113 cm³/mol. The van der Waals surface area contributed by atoms with Crippen LogP contribution in [0.1, 0.15) is 67.2 Å². The van der Waals surface area contributed by atoms with Gasteiger partial charge < -0.3 is 15.3 Å². The van der Waals surface area contributed by atoms with Crippen molar-refractivity contribution in [3.63, 3.8) is 0 Å². The van der Waals surface area contributed by atoms with Crippen LogP contribution in [0.3, 0.4) is 0 Å². The number of Topliss-reactive ketones (excluding diaryl/α,β-unsaturated/α-hetero) is 1. The maximum atomic E-state index is 12.3. The number of nitrogens with one attached hydrogen (secondary N) is 3. The Morgan fingerprint density at radius 1 is 1.18 bits per heavy atom. The summed E-state index contributed by atoms with van der Waals surface area (Å²) >= 11 is 0. The fraction of sp³-hybridized carbons (Fsp3) is 0.391. The van der Waals surface area contributed by atoms with Gasteiger partial charge >= 0.3 is 0 Å². The molecule has 0 atom stereocenters. The molecule has 148 valence electrons. The smallest absolute Gasteiger partial charge is 0.204 e. The van der Waals surface area contributed by atoms with Gasteiger partial charge in [0.05, 0.1) is 17.1 Å². The number of ketones is 2. The second kappa shape index (κ2) is 8.91. The molecular formula is C23H29N3O2. The lowest BCUT2D eigenvalue weighted by Crippen LogP contribution is -2.09. The van der Waals surface area contributed by atoms with E-state index in [0.717, 1.165) is 54.0 Å². The van der Waals surface area contributed by atoms with Gasteiger partial charge in [-0.1, -0.05) is 19.8 Å². The predicted octanol–water partition coefficient (Wildman–Crippen LogP) is 4.60. The Morgan fingerprint density at radius 2 is 2.00 bits per heavy atom. The third-order valence-electron chi connectivity index (χ3n) is 5.33. The van der Waals surface area contributed by atoms with Crippen LogP contribution in [0, 0.1) is 13.8 Å². The van der Waals surface area contributed by atoms with Crippen molar-refractivity contribution < 1.29 is 9.59 Å². The quantitative estimate of drug-likeness (QED) is 0.440. The Kier molecular flexibility index (Phi) is 6.34. The molecule has 2 aromatic heterocycles. The van der Waals surface area contributed by atoms with Gasteiger partial charge in [0.15, 0.2) is 0 Å². The zero-order valence-corrected chi connectivity index (χ0v) is 16.9.